The number of ether oxygens (including phenoxy) is 1. The lowest BCUT2D eigenvalue weighted by molar-refractivity contribution is -0.123. The lowest BCUT2D eigenvalue weighted by Gasteiger charge is -2.12. The van der Waals surface area contributed by atoms with Crippen LogP contribution in [0.3, 0.4) is 0 Å². The smallest absolute Gasteiger partial charge is 0.359 e. The molecule has 3 rings (SSSR count). The van der Waals surface area contributed by atoms with Crippen LogP contribution in [-0.2, 0) is 28.8 Å². The summed E-state index contributed by atoms with van der Waals surface area (Å²) < 4.78 is 5.25. The Hall–Kier alpha value is -2.66. The van der Waals surface area contributed by atoms with Crippen molar-refractivity contribution in [3.63, 3.8) is 0 Å². The number of nitriles is 1. The number of hydrogen-bond donors (Lipinski definition) is 2. The number of esters is 1. The van der Waals surface area contributed by atoms with Crippen LogP contribution in [0.15, 0.2) is 6.07 Å². The zero-order valence-corrected chi connectivity index (χ0v) is 16.9. The van der Waals surface area contributed by atoms with E-state index in [0.29, 0.717) is 10.6 Å². The summed E-state index contributed by atoms with van der Waals surface area (Å²) in [6, 6.07) is 3.87. The Morgan fingerprint density at radius 1 is 1.39 bits per heavy atom. The second kappa shape index (κ2) is 9.02. The van der Waals surface area contributed by atoms with E-state index < -0.39 is 18.0 Å². The van der Waals surface area contributed by atoms with Gasteiger partial charge in [-0.3, -0.25) is 9.89 Å². The molecule has 28 heavy (non-hydrogen) atoms. The van der Waals surface area contributed by atoms with Crippen molar-refractivity contribution in [3.8, 4) is 6.07 Å². The van der Waals surface area contributed by atoms with Crippen molar-refractivity contribution in [3.05, 3.63) is 33.5 Å². The molecule has 0 aromatic carbocycles. The molecule has 2 aromatic rings. The highest BCUT2D eigenvalue weighted by molar-refractivity contribution is 7.16. The number of nitrogens with zero attached hydrogens (tertiary/aromatic N) is 2. The maximum atomic E-state index is 12.5. The first kappa shape index (κ1) is 20.1. The summed E-state index contributed by atoms with van der Waals surface area (Å²) in [7, 11) is 0. The number of thiophene rings is 1. The van der Waals surface area contributed by atoms with Gasteiger partial charge < -0.3 is 10.1 Å². The van der Waals surface area contributed by atoms with Gasteiger partial charge >= 0.3 is 5.97 Å². The molecule has 2 heterocycles. The monoisotopic (exact) mass is 400 g/mol. The van der Waals surface area contributed by atoms with Crippen LogP contribution in [0.2, 0.25) is 0 Å². The van der Waals surface area contributed by atoms with Crippen molar-refractivity contribution in [1.82, 2.24) is 10.2 Å². The van der Waals surface area contributed by atoms with Crippen LogP contribution >= 0.6 is 11.3 Å². The van der Waals surface area contributed by atoms with Gasteiger partial charge in [0.25, 0.3) is 5.91 Å². The molecule has 148 valence electrons. The molecule has 0 radical (unpaired) electrons. The zero-order chi connectivity index (χ0) is 20.1. The van der Waals surface area contributed by atoms with E-state index >= 15 is 0 Å². The van der Waals surface area contributed by atoms with E-state index in [9.17, 15) is 14.9 Å². The highest BCUT2D eigenvalue weighted by Crippen LogP contribution is 2.37. The van der Waals surface area contributed by atoms with Crippen LogP contribution in [0.1, 0.15) is 71.7 Å². The fraction of sp³-hybridized carbons (Fsp3) is 0.500. The van der Waals surface area contributed by atoms with Crippen LogP contribution in [0.25, 0.3) is 0 Å². The molecule has 1 unspecified atom stereocenters. The van der Waals surface area contributed by atoms with Crippen LogP contribution in [0, 0.1) is 11.3 Å². The highest BCUT2D eigenvalue weighted by Gasteiger charge is 2.25. The van der Waals surface area contributed by atoms with Gasteiger partial charge in [0.15, 0.2) is 11.8 Å². The Morgan fingerprint density at radius 3 is 2.93 bits per heavy atom. The quantitative estimate of drug-likeness (QED) is 0.567. The van der Waals surface area contributed by atoms with Gasteiger partial charge in [-0.1, -0.05) is 19.8 Å². The Balaban J connectivity index is 1.65. The van der Waals surface area contributed by atoms with E-state index in [0.717, 1.165) is 56.2 Å². The first-order chi connectivity index (χ1) is 13.5. The van der Waals surface area contributed by atoms with Gasteiger partial charge in [0.05, 0.1) is 5.56 Å². The van der Waals surface area contributed by atoms with E-state index in [1.165, 1.54) is 23.1 Å². The molecule has 7 nitrogen and oxygen atoms in total. The van der Waals surface area contributed by atoms with Gasteiger partial charge in [-0.15, -0.1) is 11.3 Å². The number of hydrogen-bond acceptors (Lipinski definition) is 6. The predicted molar refractivity (Wildman–Crippen MR) is 106 cm³/mol. The van der Waals surface area contributed by atoms with Crippen LogP contribution in [0.5, 0.6) is 0 Å². The molecule has 1 aliphatic rings. The number of nitrogens with one attached hydrogen (secondary N) is 2. The minimum atomic E-state index is -0.993. The maximum absolute atomic E-state index is 12.5. The number of fused-ring (bicyclic) bond motifs is 1. The average Bonchev–Trinajstić information content (AvgIpc) is 3.19. The number of carbonyl (C=O) groups excluding carboxylic acids is 2. The van der Waals surface area contributed by atoms with Crippen molar-refractivity contribution in [2.75, 3.05) is 5.32 Å². The molecule has 2 N–H and O–H groups in total. The molecule has 8 heteroatoms. The van der Waals surface area contributed by atoms with Crippen molar-refractivity contribution in [2.24, 2.45) is 0 Å². The second-order valence-corrected chi connectivity index (χ2v) is 8.05. The lowest BCUT2D eigenvalue weighted by Crippen LogP contribution is -2.30. The van der Waals surface area contributed by atoms with Gasteiger partial charge in [-0.2, -0.15) is 10.4 Å². The molecule has 0 aliphatic heterocycles. The topological polar surface area (TPSA) is 108 Å². The van der Waals surface area contributed by atoms with Crippen molar-refractivity contribution in [2.45, 2.75) is 64.9 Å². The van der Waals surface area contributed by atoms with Crippen LogP contribution < -0.4 is 5.32 Å². The van der Waals surface area contributed by atoms with E-state index in [1.54, 1.807) is 6.07 Å². The number of anilines is 1. The molecular weight excluding hydrogens is 376 g/mol. The number of amides is 1. The Labute approximate surface area is 168 Å². The van der Waals surface area contributed by atoms with E-state index in [2.05, 4.69) is 21.6 Å². The third-order valence-electron chi connectivity index (χ3n) is 4.78. The SMILES string of the molecule is CCCc1cc(C(=O)OC(C)C(=O)Nc2sc3c(c2C#N)CCCCC3)n[nH]1. The first-order valence-electron chi connectivity index (χ1n) is 9.64. The fourth-order valence-corrected chi connectivity index (χ4v) is 4.54. The van der Waals surface area contributed by atoms with Gasteiger partial charge in [0, 0.05) is 10.6 Å². The van der Waals surface area contributed by atoms with Gasteiger partial charge in [0.1, 0.15) is 11.1 Å². The molecule has 0 saturated heterocycles. The summed E-state index contributed by atoms with van der Waals surface area (Å²) in [5, 5.41) is 19.6. The molecule has 0 spiro atoms. The summed E-state index contributed by atoms with van der Waals surface area (Å²) in [6.07, 6.45) is 5.86. The molecular formula is C20H24N4O3S. The van der Waals surface area contributed by atoms with Gasteiger partial charge in [-0.25, -0.2) is 4.79 Å². The molecule has 0 bridgehead atoms. The normalized spacial score (nSPS) is 14.5. The van der Waals surface area contributed by atoms with Crippen molar-refractivity contribution >= 4 is 28.2 Å². The van der Waals surface area contributed by atoms with Crippen molar-refractivity contribution in [1.29, 1.82) is 5.26 Å². The number of aromatic amines is 1. The van der Waals surface area contributed by atoms with Crippen LogP contribution in [-0.4, -0.2) is 28.2 Å². The zero-order valence-electron chi connectivity index (χ0n) is 16.1. The van der Waals surface area contributed by atoms with Gasteiger partial charge in [0.2, 0.25) is 0 Å². The number of H-pyrrole nitrogens is 1. The lowest BCUT2D eigenvalue weighted by atomic mass is 10.1. The standard InChI is InChI=1S/C20H24N4O3S/c1-3-7-13-10-16(24-23-13)20(26)27-12(2)18(25)22-19-15(11-21)14-8-5-4-6-9-17(14)28-19/h10,12H,3-9H2,1-2H3,(H,22,25)(H,23,24). The van der Waals surface area contributed by atoms with Gasteiger partial charge in [-0.05, 0) is 50.7 Å². The summed E-state index contributed by atoms with van der Waals surface area (Å²) in [6.45, 7) is 3.54. The summed E-state index contributed by atoms with van der Waals surface area (Å²) in [5.41, 5.74) is 2.61. The van der Waals surface area contributed by atoms with E-state index in [-0.39, 0.29) is 5.69 Å². The number of aryl methyl sites for hydroxylation is 2. The minimum absolute atomic E-state index is 0.156. The Kier molecular flexibility index (Phi) is 6.47. The Morgan fingerprint density at radius 2 is 2.18 bits per heavy atom. The fourth-order valence-electron chi connectivity index (χ4n) is 3.30. The third-order valence-corrected chi connectivity index (χ3v) is 5.99. The minimum Gasteiger partial charge on any atom is -0.448 e. The highest BCUT2D eigenvalue weighted by atomic mass is 32.1. The predicted octanol–water partition coefficient (Wildman–Crippen LogP) is 3.75. The molecule has 2 aromatic heterocycles. The largest absolute Gasteiger partial charge is 0.448 e. The molecule has 0 saturated carbocycles. The van der Waals surface area contributed by atoms with Crippen LogP contribution in [0.4, 0.5) is 5.00 Å². The molecule has 1 atom stereocenters. The second-order valence-electron chi connectivity index (χ2n) is 6.95. The summed E-state index contributed by atoms with van der Waals surface area (Å²) >= 11 is 1.46. The summed E-state index contributed by atoms with van der Waals surface area (Å²) in [5.74, 6) is -1.10. The van der Waals surface area contributed by atoms with E-state index in [1.807, 2.05) is 6.92 Å². The molecule has 1 aliphatic carbocycles. The summed E-state index contributed by atoms with van der Waals surface area (Å²) in [4.78, 5) is 25.9. The molecule has 0 fully saturated rings. The van der Waals surface area contributed by atoms with Crippen molar-refractivity contribution < 1.29 is 14.3 Å². The molecule has 1 amide bonds. The van der Waals surface area contributed by atoms with E-state index in [4.69, 9.17) is 4.74 Å². The number of rotatable bonds is 6. The Bertz CT molecular complexity index is 909. The number of carbonyl (C=O) groups is 2. The first-order valence-corrected chi connectivity index (χ1v) is 10.5. The maximum Gasteiger partial charge on any atom is 0.359 e. The number of aromatic nitrogens is 2. The third kappa shape index (κ3) is 4.42. The average molecular weight is 401 g/mol.